The molecule has 2 heteroatoms. The predicted molar refractivity (Wildman–Crippen MR) is 51.4 cm³/mol. The largest absolute Gasteiger partial charge is 0.487 e. The first-order valence-corrected chi connectivity index (χ1v) is 4.69. The Morgan fingerprint density at radius 2 is 1.85 bits per heavy atom. The van der Waals surface area contributed by atoms with Crippen LogP contribution in [-0.4, -0.2) is 6.10 Å². The molecule has 0 radical (unpaired) electrons. The first-order chi connectivity index (χ1) is 6.27. The monoisotopic (exact) mass is 182 g/mol. The third-order valence-corrected chi connectivity index (χ3v) is 2.04. The van der Waals surface area contributed by atoms with Gasteiger partial charge in [0.2, 0.25) is 0 Å². The van der Waals surface area contributed by atoms with E-state index in [1.165, 1.54) is 6.07 Å². The number of rotatable bonds is 4. The van der Waals surface area contributed by atoms with Crippen LogP contribution in [0.25, 0.3) is 0 Å². The van der Waals surface area contributed by atoms with E-state index in [-0.39, 0.29) is 11.9 Å². The van der Waals surface area contributed by atoms with E-state index >= 15 is 0 Å². The summed E-state index contributed by atoms with van der Waals surface area (Å²) < 4.78 is 18.6. The summed E-state index contributed by atoms with van der Waals surface area (Å²) in [4.78, 5) is 0. The Balaban J connectivity index is 2.67. The first-order valence-electron chi connectivity index (χ1n) is 4.69. The molecule has 0 aliphatic carbocycles. The third kappa shape index (κ3) is 2.72. The molecule has 0 aromatic heterocycles. The Morgan fingerprint density at radius 3 is 2.38 bits per heavy atom. The number of ether oxygens (including phenoxy) is 1. The van der Waals surface area contributed by atoms with Crippen molar-refractivity contribution in [3.05, 3.63) is 30.1 Å². The van der Waals surface area contributed by atoms with E-state index in [0.717, 1.165) is 12.8 Å². The smallest absolute Gasteiger partial charge is 0.165 e. The molecule has 1 aromatic carbocycles. The van der Waals surface area contributed by atoms with Crippen LogP contribution in [0.2, 0.25) is 0 Å². The molecule has 72 valence electrons. The molecule has 0 saturated heterocycles. The fourth-order valence-electron chi connectivity index (χ4n) is 1.18. The standard InChI is InChI=1S/C11H15FO/c1-3-9(4-2)13-11-8-6-5-7-10(11)12/h5-9H,3-4H2,1-2H3. The molecule has 0 N–H and O–H groups in total. The second-order valence-corrected chi connectivity index (χ2v) is 2.99. The second kappa shape index (κ2) is 4.85. The van der Waals surface area contributed by atoms with Crippen molar-refractivity contribution in [2.75, 3.05) is 0 Å². The highest BCUT2D eigenvalue weighted by Gasteiger charge is 2.07. The molecular weight excluding hydrogens is 167 g/mol. The summed E-state index contributed by atoms with van der Waals surface area (Å²) >= 11 is 0. The van der Waals surface area contributed by atoms with Gasteiger partial charge in [-0.15, -0.1) is 0 Å². The van der Waals surface area contributed by atoms with Gasteiger partial charge in [-0.25, -0.2) is 4.39 Å². The highest BCUT2D eigenvalue weighted by Crippen LogP contribution is 2.18. The maximum atomic E-state index is 13.1. The van der Waals surface area contributed by atoms with Gasteiger partial charge in [-0.1, -0.05) is 26.0 Å². The third-order valence-electron chi connectivity index (χ3n) is 2.04. The molecule has 0 spiro atoms. The fourth-order valence-corrected chi connectivity index (χ4v) is 1.18. The van der Waals surface area contributed by atoms with Gasteiger partial charge in [0, 0.05) is 0 Å². The number of hydrogen-bond acceptors (Lipinski definition) is 1. The maximum Gasteiger partial charge on any atom is 0.165 e. The summed E-state index contributed by atoms with van der Waals surface area (Å²) in [5.74, 6) is 0.0746. The van der Waals surface area contributed by atoms with Gasteiger partial charge in [-0.2, -0.15) is 0 Å². The number of hydrogen-bond donors (Lipinski definition) is 0. The van der Waals surface area contributed by atoms with Crippen molar-refractivity contribution in [1.29, 1.82) is 0 Å². The summed E-state index contributed by atoms with van der Waals surface area (Å²) in [6.07, 6.45) is 1.94. The number of para-hydroxylation sites is 1. The number of halogens is 1. The van der Waals surface area contributed by atoms with E-state index in [4.69, 9.17) is 4.74 Å². The molecule has 1 aromatic rings. The zero-order chi connectivity index (χ0) is 9.68. The lowest BCUT2D eigenvalue weighted by Crippen LogP contribution is -2.14. The summed E-state index contributed by atoms with van der Waals surface area (Å²) in [6.45, 7) is 4.07. The highest BCUT2D eigenvalue weighted by atomic mass is 19.1. The van der Waals surface area contributed by atoms with E-state index in [0.29, 0.717) is 5.75 Å². The maximum absolute atomic E-state index is 13.1. The van der Waals surface area contributed by atoms with E-state index < -0.39 is 0 Å². The molecule has 13 heavy (non-hydrogen) atoms. The Morgan fingerprint density at radius 1 is 1.23 bits per heavy atom. The van der Waals surface area contributed by atoms with Crippen LogP contribution in [0.3, 0.4) is 0 Å². The zero-order valence-electron chi connectivity index (χ0n) is 8.09. The van der Waals surface area contributed by atoms with Gasteiger partial charge in [0.25, 0.3) is 0 Å². The fraction of sp³-hybridized carbons (Fsp3) is 0.455. The lowest BCUT2D eigenvalue weighted by atomic mass is 10.2. The number of benzene rings is 1. The topological polar surface area (TPSA) is 9.23 Å². The van der Waals surface area contributed by atoms with Crippen LogP contribution >= 0.6 is 0 Å². The van der Waals surface area contributed by atoms with Crippen LogP contribution in [-0.2, 0) is 0 Å². The first kappa shape index (κ1) is 10.0. The van der Waals surface area contributed by atoms with Crippen molar-refractivity contribution in [3.63, 3.8) is 0 Å². The average Bonchev–Trinajstić information content (AvgIpc) is 2.17. The van der Waals surface area contributed by atoms with Gasteiger partial charge in [-0.3, -0.25) is 0 Å². The van der Waals surface area contributed by atoms with Crippen LogP contribution in [0, 0.1) is 5.82 Å². The van der Waals surface area contributed by atoms with E-state index in [1.807, 2.05) is 13.8 Å². The van der Waals surface area contributed by atoms with E-state index in [9.17, 15) is 4.39 Å². The SMILES string of the molecule is CCC(CC)Oc1ccccc1F. The summed E-state index contributed by atoms with van der Waals surface area (Å²) in [5.41, 5.74) is 0. The predicted octanol–water partition coefficient (Wildman–Crippen LogP) is 3.39. The van der Waals surface area contributed by atoms with Crippen LogP contribution < -0.4 is 4.74 Å². The Labute approximate surface area is 78.5 Å². The van der Waals surface area contributed by atoms with Gasteiger partial charge in [0.15, 0.2) is 11.6 Å². The Bertz CT molecular complexity index is 256. The van der Waals surface area contributed by atoms with Crippen molar-refractivity contribution < 1.29 is 9.13 Å². The molecule has 0 fully saturated rings. The van der Waals surface area contributed by atoms with Gasteiger partial charge < -0.3 is 4.74 Å². The molecule has 1 rings (SSSR count). The van der Waals surface area contributed by atoms with Gasteiger partial charge in [0.1, 0.15) is 0 Å². The minimum atomic E-state index is -0.283. The van der Waals surface area contributed by atoms with E-state index in [2.05, 4.69) is 0 Å². The summed E-state index contributed by atoms with van der Waals surface area (Å²) in [6, 6.07) is 6.52. The molecule has 0 bridgehead atoms. The Kier molecular flexibility index (Phi) is 3.74. The zero-order valence-corrected chi connectivity index (χ0v) is 8.09. The van der Waals surface area contributed by atoms with Gasteiger partial charge in [-0.05, 0) is 25.0 Å². The van der Waals surface area contributed by atoms with Crippen molar-refractivity contribution in [2.45, 2.75) is 32.8 Å². The summed E-state index contributed by atoms with van der Waals surface area (Å²) in [7, 11) is 0. The van der Waals surface area contributed by atoms with Crippen molar-refractivity contribution in [3.8, 4) is 5.75 Å². The second-order valence-electron chi connectivity index (χ2n) is 2.99. The average molecular weight is 182 g/mol. The molecule has 0 aliphatic heterocycles. The molecule has 0 unspecified atom stereocenters. The quantitative estimate of drug-likeness (QED) is 0.693. The summed E-state index contributed by atoms with van der Waals surface area (Å²) in [5, 5.41) is 0. The van der Waals surface area contributed by atoms with E-state index in [1.54, 1.807) is 18.2 Å². The van der Waals surface area contributed by atoms with Crippen molar-refractivity contribution >= 4 is 0 Å². The molecule has 0 saturated carbocycles. The molecule has 0 aliphatic rings. The van der Waals surface area contributed by atoms with Crippen LogP contribution in [0.15, 0.2) is 24.3 Å². The lowest BCUT2D eigenvalue weighted by molar-refractivity contribution is 0.184. The normalized spacial score (nSPS) is 10.5. The van der Waals surface area contributed by atoms with Gasteiger partial charge in [0.05, 0.1) is 6.10 Å². The van der Waals surface area contributed by atoms with Crippen molar-refractivity contribution in [2.24, 2.45) is 0 Å². The van der Waals surface area contributed by atoms with Crippen LogP contribution in [0.5, 0.6) is 5.75 Å². The molecular formula is C11H15FO. The molecule has 0 amide bonds. The molecule has 0 heterocycles. The van der Waals surface area contributed by atoms with Gasteiger partial charge >= 0.3 is 0 Å². The highest BCUT2D eigenvalue weighted by molar-refractivity contribution is 5.23. The molecule has 1 nitrogen and oxygen atoms in total. The lowest BCUT2D eigenvalue weighted by Gasteiger charge is -2.15. The van der Waals surface area contributed by atoms with Crippen LogP contribution in [0.4, 0.5) is 4.39 Å². The minimum absolute atomic E-state index is 0.122. The molecule has 0 atom stereocenters. The van der Waals surface area contributed by atoms with Crippen molar-refractivity contribution in [1.82, 2.24) is 0 Å². The Hall–Kier alpha value is -1.05. The minimum Gasteiger partial charge on any atom is -0.487 e. The van der Waals surface area contributed by atoms with Crippen LogP contribution in [0.1, 0.15) is 26.7 Å².